The van der Waals surface area contributed by atoms with Gasteiger partial charge >= 0.3 is 5.97 Å². The van der Waals surface area contributed by atoms with Gasteiger partial charge in [-0.15, -0.1) is 0 Å². The van der Waals surface area contributed by atoms with Crippen molar-refractivity contribution in [2.45, 2.75) is 32.4 Å². The highest BCUT2D eigenvalue weighted by molar-refractivity contribution is 5.73. The minimum Gasteiger partial charge on any atom is -0.480 e. The molecule has 0 saturated heterocycles. The highest BCUT2D eigenvalue weighted by Gasteiger charge is 2.14. The Morgan fingerprint density at radius 1 is 1.64 bits per heavy atom. The number of hydrogen-bond donors (Lipinski definition) is 2. The molecule has 0 radical (unpaired) electrons. The molecule has 0 amide bonds. The van der Waals surface area contributed by atoms with Crippen LogP contribution in [0.2, 0.25) is 0 Å². The van der Waals surface area contributed by atoms with Crippen LogP contribution in [0.5, 0.6) is 0 Å². The second kappa shape index (κ2) is 4.28. The lowest BCUT2D eigenvalue weighted by Crippen LogP contribution is -2.33. The molecule has 1 unspecified atom stereocenters. The van der Waals surface area contributed by atoms with E-state index in [0.29, 0.717) is 12.5 Å². The molecule has 4 nitrogen and oxygen atoms in total. The minimum absolute atomic E-state index is 0.334. The molecule has 14 heavy (non-hydrogen) atoms. The zero-order chi connectivity index (χ0) is 10.7. The van der Waals surface area contributed by atoms with Crippen molar-refractivity contribution in [3.63, 3.8) is 0 Å². The van der Waals surface area contributed by atoms with Crippen LogP contribution in [0.4, 0.5) is 0 Å². The van der Waals surface area contributed by atoms with Crippen molar-refractivity contribution in [1.29, 1.82) is 0 Å². The van der Waals surface area contributed by atoms with Gasteiger partial charge in [0.1, 0.15) is 6.04 Å². The lowest BCUT2D eigenvalue weighted by atomic mass is 10.1. The normalized spacial score (nSPS) is 13.1. The SMILES string of the molecule is CC(C)n1cccc1CC(N)C(=O)O. The third-order valence-corrected chi connectivity index (χ3v) is 2.17. The van der Waals surface area contributed by atoms with Crippen LogP contribution in [0.1, 0.15) is 25.6 Å². The van der Waals surface area contributed by atoms with Crippen molar-refractivity contribution < 1.29 is 9.90 Å². The van der Waals surface area contributed by atoms with Gasteiger partial charge < -0.3 is 15.4 Å². The monoisotopic (exact) mass is 196 g/mol. The number of aliphatic carboxylic acids is 1. The predicted octanol–water partition coefficient (Wildman–Crippen LogP) is 1.02. The molecule has 1 aromatic heterocycles. The fourth-order valence-corrected chi connectivity index (χ4v) is 1.42. The molecule has 78 valence electrons. The van der Waals surface area contributed by atoms with E-state index in [-0.39, 0.29) is 0 Å². The summed E-state index contributed by atoms with van der Waals surface area (Å²) in [6.07, 6.45) is 2.31. The maximum Gasteiger partial charge on any atom is 0.320 e. The van der Waals surface area contributed by atoms with Gasteiger partial charge in [0, 0.05) is 24.4 Å². The Kier molecular flexibility index (Phi) is 3.30. The molecule has 0 aromatic carbocycles. The summed E-state index contributed by atoms with van der Waals surface area (Å²) in [5, 5.41) is 8.68. The number of aromatic nitrogens is 1. The molecule has 1 aromatic rings. The fourth-order valence-electron chi connectivity index (χ4n) is 1.42. The average Bonchev–Trinajstić information content (AvgIpc) is 2.52. The molecule has 1 heterocycles. The third kappa shape index (κ3) is 2.35. The van der Waals surface area contributed by atoms with E-state index in [1.807, 2.05) is 22.9 Å². The first-order valence-electron chi connectivity index (χ1n) is 4.66. The number of carbonyl (C=O) groups is 1. The summed E-state index contributed by atoms with van der Waals surface area (Å²) in [6.45, 7) is 4.10. The van der Waals surface area contributed by atoms with Gasteiger partial charge in [-0.1, -0.05) is 0 Å². The van der Waals surface area contributed by atoms with Crippen LogP contribution in [-0.4, -0.2) is 21.7 Å². The van der Waals surface area contributed by atoms with Gasteiger partial charge in [0.15, 0.2) is 0 Å². The smallest absolute Gasteiger partial charge is 0.320 e. The largest absolute Gasteiger partial charge is 0.480 e. The summed E-state index contributed by atoms with van der Waals surface area (Å²) >= 11 is 0. The molecule has 4 heteroatoms. The van der Waals surface area contributed by atoms with E-state index in [1.54, 1.807) is 0 Å². The summed E-state index contributed by atoms with van der Waals surface area (Å²) < 4.78 is 2.03. The first-order valence-corrected chi connectivity index (χ1v) is 4.66. The lowest BCUT2D eigenvalue weighted by molar-refractivity contribution is -0.138. The number of hydrogen-bond acceptors (Lipinski definition) is 2. The van der Waals surface area contributed by atoms with Crippen LogP contribution >= 0.6 is 0 Å². The molecule has 0 spiro atoms. The van der Waals surface area contributed by atoms with Gasteiger partial charge in [0.25, 0.3) is 0 Å². The van der Waals surface area contributed by atoms with Crippen LogP contribution < -0.4 is 5.73 Å². The van der Waals surface area contributed by atoms with E-state index < -0.39 is 12.0 Å². The maximum atomic E-state index is 10.6. The zero-order valence-corrected chi connectivity index (χ0v) is 8.47. The van der Waals surface area contributed by atoms with E-state index in [1.165, 1.54) is 0 Å². The van der Waals surface area contributed by atoms with Gasteiger partial charge in [-0.05, 0) is 26.0 Å². The molecule has 0 aliphatic carbocycles. The molecule has 0 aliphatic heterocycles. The Morgan fingerprint density at radius 3 is 2.79 bits per heavy atom. The van der Waals surface area contributed by atoms with Gasteiger partial charge in [-0.2, -0.15) is 0 Å². The van der Waals surface area contributed by atoms with E-state index in [9.17, 15) is 4.79 Å². The molecule has 0 saturated carbocycles. The fraction of sp³-hybridized carbons (Fsp3) is 0.500. The molecular formula is C10H16N2O2. The summed E-state index contributed by atoms with van der Waals surface area (Å²) in [6, 6.07) is 3.33. The number of carboxylic acid groups (broad SMARTS) is 1. The molecule has 1 rings (SSSR count). The Balaban J connectivity index is 2.76. The van der Waals surface area contributed by atoms with E-state index >= 15 is 0 Å². The second-order valence-electron chi connectivity index (χ2n) is 3.65. The van der Waals surface area contributed by atoms with Crippen molar-refractivity contribution in [1.82, 2.24) is 4.57 Å². The van der Waals surface area contributed by atoms with E-state index in [2.05, 4.69) is 13.8 Å². The molecule has 0 fully saturated rings. The first kappa shape index (κ1) is 10.8. The van der Waals surface area contributed by atoms with Crippen molar-refractivity contribution in [3.05, 3.63) is 24.0 Å². The first-order chi connectivity index (χ1) is 6.52. The molecular weight excluding hydrogens is 180 g/mol. The lowest BCUT2D eigenvalue weighted by Gasteiger charge is -2.14. The molecule has 1 atom stereocenters. The van der Waals surface area contributed by atoms with Gasteiger partial charge in [0.2, 0.25) is 0 Å². The quantitative estimate of drug-likeness (QED) is 0.755. The Morgan fingerprint density at radius 2 is 2.29 bits per heavy atom. The standard InChI is InChI=1S/C10H16N2O2/c1-7(2)12-5-3-4-8(12)6-9(11)10(13)14/h3-5,7,9H,6,11H2,1-2H3,(H,13,14). The summed E-state index contributed by atoms with van der Waals surface area (Å²) in [7, 11) is 0. The molecule has 3 N–H and O–H groups in total. The van der Waals surface area contributed by atoms with E-state index in [4.69, 9.17) is 10.8 Å². The highest BCUT2D eigenvalue weighted by atomic mass is 16.4. The van der Waals surface area contributed by atoms with E-state index in [0.717, 1.165) is 5.69 Å². The van der Waals surface area contributed by atoms with Crippen molar-refractivity contribution in [2.24, 2.45) is 5.73 Å². The Bertz CT molecular complexity index is 318. The number of nitrogens with two attached hydrogens (primary N) is 1. The van der Waals surface area contributed by atoms with Gasteiger partial charge in [-0.25, -0.2) is 0 Å². The summed E-state index contributed by atoms with van der Waals surface area (Å²) in [5.74, 6) is -0.957. The van der Waals surface area contributed by atoms with Crippen molar-refractivity contribution >= 4 is 5.97 Å². The topological polar surface area (TPSA) is 68.2 Å². The van der Waals surface area contributed by atoms with Crippen LogP contribution in [0.25, 0.3) is 0 Å². The zero-order valence-electron chi connectivity index (χ0n) is 8.47. The Hall–Kier alpha value is -1.29. The van der Waals surface area contributed by atoms with Gasteiger partial charge in [0.05, 0.1) is 0 Å². The number of rotatable bonds is 4. The summed E-state index contributed by atoms with van der Waals surface area (Å²) in [4.78, 5) is 10.6. The highest BCUT2D eigenvalue weighted by Crippen LogP contribution is 2.12. The minimum atomic E-state index is -0.957. The molecule has 0 aliphatic rings. The van der Waals surface area contributed by atoms with Crippen LogP contribution in [-0.2, 0) is 11.2 Å². The van der Waals surface area contributed by atoms with Crippen LogP contribution in [0.15, 0.2) is 18.3 Å². The number of nitrogens with zero attached hydrogens (tertiary/aromatic N) is 1. The predicted molar refractivity (Wildman–Crippen MR) is 54.1 cm³/mol. The third-order valence-electron chi connectivity index (χ3n) is 2.17. The number of carboxylic acids is 1. The average molecular weight is 196 g/mol. The summed E-state index contributed by atoms with van der Waals surface area (Å²) in [5.41, 5.74) is 6.43. The van der Waals surface area contributed by atoms with Crippen LogP contribution in [0, 0.1) is 0 Å². The molecule has 0 bridgehead atoms. The maximum absolute atomic E-state index is 10.6. The van der Waals surface area contributed by atoms with Gasteiger partial charge in [-0.3, -0.25) is 4.79 Å². The van der Waals surface area contributed by atoms with Crippen molar-refractivity contribution in [3.8, 4) is 0 Å². The second-order valence-corrected chi connectivity index (χ2v) is 3.65. The van der Waals surface area contributed by atoms with Crippen LogP contribution in [0.3, 0.4) is 0 Å². The van der Waals surface area contributed by atoms with Crippen molar-refractivity contribution in [2.75, 3.05) is 0 Å². The Labute approximate surface area is 83.3 Å².